The normalized spacial score (nSPS) is 10.8. The number of para-hydroxylation sites is 1. The van der Waals surface area contributed by atoms with Crippen LogP contribution in [0.1, 0.15) is 31.9 Å². The molecule has 0 fully saturated rings. The molecule has 2 rings (SSSR count). The number of hydrogen-bond acceptors (Lipinski definition) is 3. The number of anilines is 2. The molecule has 0 saturated carbocycles. The van der Waals surface area contributed by atoms with Crippen molar-refractivity contribution in [2.24, 2.45) is 0 Å². The second-order valence-electron chi connectivity index (χ2n) is 5.00. The van der Waals surface area contributed by atoms with Crippen molar-refractivity contribution in [1.29, 1.82) is 0 Å². The number of nitrogen functional groups attached to an aromatic ring is 1. The Hall–Kier alpha value is -2.30. The molecule has 0 aliphatic rings. The number of nitrogens with two attached hydrogens (primary N) is 1. The van der Waals surface area contributed by atoms with Crippen LogP contribution in [-0.4, -0.2) is 15.7 Å². The first-order valence-corrected chi connectivity index (χ1v) is 6.74. The highest BCUT2D eigenvalue weighted by atomic mass is 16.1. The Morgan fingerprint density at radius 1 is 1.35 bits per heavy atom. The minimum Gasteiger partial charge on any atom is -0.399 e. The molecule has 1 aromatic carbocycles. The van der Waals surface area contributed by atoms with Crippen LogP contribution in [0.2, 0.25) is 0 Å². The lowest BCUT2D eigenvalue weighted by Gasteiger charge is -2.12. The first-order chi connectivity index (χ1) is 9.58. The average Bonchev–Trinajstić information content (AvgIpc) is 2.86. The third-order valence-electron chi connectivity index (χ3n) is 3.10. The fourth-order valence-electron chi connectivity index (χ4n) is 2.04. The van der Waals surface area contributed by atoms with Crippen molar-refractivity contribution >= 4 is 17.4 Å². The second-order valence-corrected chi connectivity index (χ2v) is 5.00. The summed E-state index contributed by atoms with van der Waals surface area (Å²) >= 11 is 0. The quantitative estimate of drug-likeness (QED) is 0.822. The van der Waals surface area contributed by atoms with Crippen molar-refractivity contribution < 1.29 is 4.79 Å². The molecule has 1 amide bonds. The Kier molecular flexibility index (Phi) is 4.40. The van der Waals surface area contributed by atoms with Crippen molar-refractivity contribution in [3.63, 3.8) is 0 Å². The van der Waals surface area contributed by atoms with Crippen LogP contribution in [0.3, 0.4) is 0 Å². The molecule has 0 unspecified atom stereocenters. The van der Waals surface area contributed by atoms with Gasteiger partial charge in [-0.1, -0.05) is 18.2 Å². The van der Waals surface area contributed by atoms with E-state index in [1.807, 2.05) is 38.1 Å². The summed E-state index contributed by atoms with van der Waals surface area (Å²) in [6, 6.07) is 9.62. The fraction of sp³-hybridized carbons (Fsp3) is 0.333. The number of benzene rings is 1. The van der Waals surface area contributed by atoms with E-state index in [-0.39, 0.29) is 11.9 Å². The van der Waals surface area contributed by atoms with Crippen molar-refractivity contribution in [2.75, 3.05) is 11.1 Å². The number of aromatic nitrogens is 2. The molecular formula is C15H20N4O. The van der Waals surface area contributed by atoms with Crippen molar-refractivity contribution in [3.05, 3.63) is 42.1 Å². The molecule has 0 spiro atoms. The number of nitrogens with zero attached hydrogens (tertiary/aromatic N) is 2. The number of amides is 1. The van der Waals surface area contributed by atoms with Gasteiger partial charge in [-0.05, 0) is 31.9 Å². The molecule has 0 atom stereocenters. The maximum Gasteiger partial charge on any atom is 0.225 e. The summed E-state index contributed by atoms with van der Waals surface area (Å²) in [4.78, 5) is 12.0. The van der Waals surface area contributed by atoms with Gasteiger partial charge >= 0.3 is 0 Å². The van der Waals surface area contributed by atoms with E-state index in [0.29, 0.717) is 12.8 Å². The molecule has 1 heterocycles. The standard InChI is InChI=1S/C15H20N4O/c1-11(2)19-14(9-10-17-19)18-15(20)8-7-12-5-3-4-6-13(12)16/h3-6,9-11H,7-8,16H2,1-2H3,(H,18,20). The summed E-state index contributed by atoms with van der Waals surface area (Å²) in [5.41, 5.74) is 7.59. The largest absolute Gasteiger partial charge is 0.399 e. The van der Waals surface area contributed by atoms with Crippen molar-refractivity contribution in [1.82, 2.24) is 9.78 Å². The third-order valence-corrected chi connectivity index (χ3v) is 3.10. The molecule has 0 bridgehead atoms. The first kappa shape index (κ1) is 14.1. The Balaban J connectivity index is 1.93. The molecule has 0 aliphatic heterocycles. The highest BCUT2D eigenvalue weighted by Gasteiger charge is 2.10. The third kappa shape index (κ3) is 3.38. The van der Waals surface area contributed by atoms with Crippen LogP contribution in [0, 0.1) is 0 Å². The van der Waals surface area contributed by atoms with Gasteiger partial charge in [0, 0.05) is 24.2 Å². The van der Waals surface area contributed by atoms with Gasteiger partial charge < -0.3 is 11.1 Å². The first-order valence-electron chi connectivity index (χ1n) is 6.74. The van der Waals surface area contributed by atoms with E-state index < -0.39 is 0 Å². The van der Waals surface area contributed by atoms with Crippen LogP contribution in [-0.2, 0) is 11.2 Å². The lowest BCUT2D eigenvalue weighted by atomic mass is 10.1. The summed E-state index contributed by atoms with van der Waals surface area (Å²) in [7, 11) is 0. The van der Waals surface area contributed by atoms with Gasteiger partial charge in [0.1, 0.15) is 5.82 Å². The van der Waals surface area contributed by atoms with E-state index in [1.54, 1.807) is 16.9 Å². The zero-order valence-electron chi connectivity index (χ0n) is 11.8. The van der Waals surface area contributed by atoms with Gasteiger partial charge in [0.2, 0.25) is 5.91 Å². The van der Waals surface area contributed by atoms with Gasteiger partial charge in [0.15, 0.2) is 0 Å². The summed E-state index contributed by atoms with van der Waals surface area (Å²) in [6.45, 7) is 4.04. The summed E-state index contributed by atoms with van der Waals surface area (Å²) in [5, 5.41) is 7.07. The van der Waals surface area contributed by atoms with Crippen LogP contribution in [0.15, 0.2) is 36.5 Å². The van der Waals surface area contributed by atoms with Crippen LogP contribution in [0.4, 0.5) is 11.5 Å². The predicted molar refractivity (Wildman–Crippen MR) is 80.4 cm³/mol. The molecule has 3 N–H and O–H groups in total. The Bertz CT molecular complexity index is 589. The lowest BCUT2D eigenvalue weighted by Crippen LogP contribution is -2.17. The van der Waals surface area contributed by atoms with E-state index in [0.717, 1.165) is 17.1 Å². The van der Waals surface area contributed by atoms with E-state index in [1.165, 1.54) is 0 Å². The minimum absolute atomic E-state index is 0.0318. The predicted octanol–water partition coefficient (Wildman–Crippen LogP) is 2.62. The molecule has 2 aromatic rings. The van der Waals surface area contributed by atoms with E-state index in [2.05, 4.69) is 10.4 Å². The Morgan fingerprint density at radius 3 is 2.80 bits per heavy atom. The Labute approximate surface area is 118 Å². The second kappa shape index (κ2) is 6.23. The van der Waals surface area contributed by atoms with Gasteiger partial charge in [-0.15, -0.1) is 0 Å². The molecule has 5 nitrogen and oxygen atoms in total. The number of carbonyl (C=O) groups is 1. The minimum atomic E-state index is -0.0318. The number of rotatable bonds is 5. The summed E-state index contributed by atoms with van der Waals surface area (Å²) in [5.74, 6) is 0.696. The van der Waals surface area contributed by atoms with Gasteiger partial charge in [-0.2, -0.15) is 5.10 Å². The van der Waals surface area contributed by atoms with E-state index in [4.69, 9.17) is 5.73 Å². The van der Waals surface area contributed by atoms with E-state index >= 15 is 0 Å². The molecule has 0 aliphatic carbocycles. The molecule has 1 aromatic heterocycles. The Morgan fingerprint density at radius 2 is 2.10 bits per heavy atom. The van der Waals surface area contributed by atoms with Crippen LogP contribution in [0.5, 0.6) is 0 Å². The molecule has 5 heteroatoms. The highest BCUT2D eigenvalue weighted by Crippen LogP contribution is 2.15. The lowest BCUT2D eigenvalue weighted by molar-refractivity contribution is -0.116. The SMILES string of the molecule is CC(C)n1nccc1NC(=O)CCc1ccccc1N. The molecular weight excluding hydrogens is 252 g/mol. The fourth-order valence-corrected chi connectivity index (χ4v) is 2.04. The van der Waals surface area contributed by atoms with Crippen LogP contribution >= 0.6 is 0 Å². The molecule has 106 valence electrons. The molecule has 20 heavy (non-hydrogen) atoms. The summed E-state index contributed by atoms with van der Waals surface area (Å²) < 4.78 is 1.79. The zero-order chi connectivity index (χ0) is 14.5. The topological polar surface area (TPSA) is 72.9 Å². The number of aryl methyl sites for hydroxylation is 1. The van der Waals surface area contributed by atoms with Gasteiger partial charge in [-0.25, -0.2) is 4.68 Å². The molecule has 0 radical (unpaired) electrons. The number of hydrogen-bond donors (Lipinski definition) is 2. The van der Waals surface area contributed by atoms with Crippen molar-refractivity contribution in [2.45, 2.75) is 32.7 Å². The maximum absolute atomic E-state index is 12.0. The van der Waals surface area contributed by atoms with Crippen molar-refractivity contribution in [3.8, 4) is 0 Å². The smallest absolute Gasteiger partial charge is 0.225 e. The zero-order valence-corrected chi connectivity index (χ0v) is 11.8. The summed E-state index contributed by atoms with van der Waals surface area (Å²) in [6.07, 6.45) is 2.72. The monoisotopic (exact) mass is 272 g/mol. The van der Waals surface area contributed by atoms with Gasteiger partial charge in [-0.3, -0.25) is 4.79 Å². The molecule has 0 saturated heterocycles. The number of carbonyl (C=O) groups excluding carboxylic acids is 1. The number of nitrogens with one attached hydrogen (secondary N) is 1. The van der Waals surface area contributed by atoms with E-state index in [9.17, 15) is 4.79 Å². The van der Waals surface area contributed by atoms with Gasteiger partial charge in [0.25, 0.3) is 0 Å². The van der Waals surface area contributed by atoms with Crippen LogP contribution in [0.25, 0.3) is 0 Å². The highest BCUT2D eigenvalue weighted by molar-refractivity contribution is 5.90. The van der Waals surface area contributed by atoms with Crippen LogP contribution < -0.4 is 11.1 Å². The average molecular weight is 272 g/mol. The maximum atomic E-state index is 12.0. The van der Waals surface area contributed by atoms with Gasteiger partial charge in [0.05, 0.1) is 6.20 Å².